The standard InChI is InChI=1S/C39H25N3Se/c1-3-11-26(12-4-1)28-21-23-29(24-22-28)37-40-38(31-16-9-15-30(25-31)27-13-5-2-6-14-27)42-39(41-37)33-18-10-20-35-36(33)32-17-7-8-19-34(32)43-35/h1-25H. The molecule has 0 saturated carbocycles. The summed E-state index contributed by atoms with van der Waals surface area (Å²) >= 11 is 0.262. The molecule has 0 aliphatic heterocycles. The van der Waals surface area contributed by atoms with Crippen molar-refractivity contribution < 1.29 is 0 Å². The zero-order valence-corrected chi connectivity index (χ0v) is 24.9. The fourth-order valence-electron chi connectivity index (χ4n) is 5.63. The summed E-state index contributed by atoms with van der Waals surface area (Å²) in [5, 5.41) is 2.54. The topological polar surface area (TPSA) is 38.7 Å². The molecule has 0 amide bonds. The van der Waals surface area contributed by atoms with Gasteiger partial charge in [-0.15, -0.1) is 0 Å². The summed E-state index contributed by atoms with van der Waals surface area (Å²) in [7, 11) is 0. The van der Waals surface area contributed by atoms with E-state index < -0.39 is 0 Å². The fraction of sp³-hybridized carbons (Fsp3) is 0. The average molecular weight is 615 g/mol. The molecule has 0 spiro atoms. The van der Waals surface area contributed by atoms with Gasteiger partial charge in [0.2, 0.25) is 0 Å². The first kappa shape index (κ1) is 25.6. The molecule has 8 aromatic rings. The minimum Gasteiger partial charge on any atom is -0.0617 e. The number of hydrogen-bond acceptors (Lipinski definition) is 3. The molecule has 0 saturated heterocycles. The van der Waals surface area contributed by atoms with Gasteiger partial charge in [0.25, 0.3) is 0 Å². The predicted octanol–water partition coefficient (Wildman–Crippen LogP) is 9.57. The summed E-state index contributed by atoms with van der Waals surface area (Å²) in [4.78, 5) is 15.3. The third-order valence-electron chi connectivity index (χ3n) is 7.76. The van der Waals surface area contributed by atoms with Crippen molar-refractivity contribution in [1.29, 1.82) is 0 Å². The molecule has 0 atom stereocenters. The first-order valence-electron chi connectivity index (χ1n) is 14.3. The van der Waals surface area contributed by atoms with E-state index in [4.69, 9.17) is 15.0 Å². The van der Waals surface area contributed by atoms with Gasteiger partial charge in [0.05, 0.1) is 0 Å². The quantitative estimate of drug-likeness (QED) is 0.181. The van der Waals surface area contributed by atoms with E-state index >= 15 is 0 Å². The molecule has 0 unspecified atom stereocenters. The van der Waals surface area contributed by atoms with Crippen LogP contribution in [0.25, 0.3) is 75.7 Å². The molecule has 0 aliphatic rings. The number of aromatic nitrogens is 3. The Hall–Kier alpha value is -5.15. The summed E-state index contributed by atoms with van der Waals surface area (Å²) in [6.07, 6.45) is 0. The molecule has 0 radical (unpaired) electrons. The number of nitrogens with zero attached hydrogens (tertiary/aromatic N) is 3. The molecule has 6 aromatic carbocycles. The van der Waals surface area contributed by atoms with Gasteiger partial charge in [-0.05, 0) is 0 Å². The minimum absolute atomic E-state index is 0.262. The minimum atomic E-state index is 0.262. The van der Waals surface area contributed by atoms with Crippen LogP contribution in [0.3, 0.4) is 0 Å². The molecule has 0 aliphatic carbocycles. The smallest absolute Gasteiger partial charge is 0.0617 e. The molecular weight excluding hydrogens is 589 g/mol. The molecule has 202 valence electrons. The van der Waals surface area contributed by atoms with Crippen LogP contribution in [0.4, 0.5) is 0 Å². The average Bonchev–Trinajstić information content (AvgIpc) is 3.48. The van der Waals surface area contributed by atoms with E-state index in [1.807, 2.05) is 12.1 Å². The zero-order valence-electron chi connectivity index (χ0n) is 23.2. The van der Waals surface area contributed by atoms with Crippen LogP contribution in [0, 0.1) is 0 Å². The van der Waals surface area contributed by atoms with Crippen molar-refractivity contribution in [2.75, 3.05) is 0 Å². The van der Waals surface area contributed by atoms with Gasteiger partial charge in [-0.25, -0.2) is 0 Å². The van der Waals surface area contributed by atoms with Crippen molar-refractivity contribution >= 4 is 33.8 Å². The summed E-state index contributed by atoms with van der Waals surface area (Å²) in [6.45, 7) is 0. The van der Waals surface area contributed by atoms with Gasteiger partial charge in [0, 0.05) is 0 Å². The van der Waals surface area contributed by atoms with Crippen molar-refractivity contribution in [1.82, 2.24) is 15.0 Å². The van der Waals surface area contributed by atoms with Crippen LogP contribution >= 0.6 is 0 Å². The number of hydrogen-bond donors (Lipinski definition) is 0. The van der Waals surface area contributed by atoms with E-state index in [0.29, 0.717) is 17.5 Å². The third-order valence-corrected chi connectivity index (χ3v) is 10.1. The van der Waals surface area contributed by atoms with E-state index in [0.717, 1.165) is 33.4 Å². The third kappa shape index (κ3) is 4.87. The van der Waals surface area contributed by atoms with E-state index in [2.05, 4.69) is 140 Å². The van der Waals surface area contributed by atoms with Crippen LogP contribution in [0.2, 0.25) is 0 Å². The van der Waals surface area contributed by atoms with Gasteiger partial charge in [-0.3, -0.25) is 0 Å². The molecule has 43 heavy (non-hydrogen) atoms. The summed E-state index contributed by atoms with van der Waals surface area (Å²) in [5.41, 5.74) is 7.61. The predicted molar refractivity (Wildman–Crippen MR) is 179 cm³/mol. The zero-order chi connectivity index (χ0) is 28.6. The Labute approximate surface area is 255 Å². The Morgan fingerprint density at radius 3 is 1.63 bits per heavy atom. The monoisotopic (exact) mass is 615 g/mol. The van der Waals surface area contributed by atoms with E-state index in [1.54, 1.807) is 0 Å². The normalized spacial score (nSPS) is 11.3. The van der Waals surface area contributed by atoms with Gasteiger partial charge in [0.1, 0.15) is 0 Å². The van der Waals surface area contributed by atoms with Gasteiger partial charge in [-0.2, -0.15) is 0 Å². The molecule has 4 heteroatoms. The maximum atomic E-state index is 5.13. The van der Waals surface area contributed by atoms with Crippen LogP contribution in [-0.2, 0) is 0 Å². The number of fused-ring (bicyclic) bond motifs is 3. The molecule has 2 heterocycles. The van der Waals surface area contributed by atoms with Gasteiger partial charge < -0.3 is 0 Å². The SMILES string of the molecule is c1ccc(-c2ccc(-c3nc(-c4cccc(-c5ccccc5)c4)nc(-c4cccc5[se]c6ccccc6c45)n3)cc2)cc1. The Morgan fingerprint density at radius 2 is 0.860 bits per heavy atom. The van der Waals surface area contributed by atoms with Crippen molar-refractivity contribution in [3.05, 3.63) is 152 Å². The van der Waals surface area contributed by atoms with Crippen molar-refractivity contribution in [3.63, 3.8) is 0 Å². The van der Waals surface area contributed by atoms with Crippen LogP contribution in [0.5, 0.6) is 0 Å². The van der Waals surface area contributed by atoms with Gasteiger partial charge in [-0.1, -0.05) is 24.3 Å². The molecule has 0 bridgehead atoms. The van der Waals surface area contributed by atoms with Crippen molar-refractivity contribution in [2.24, 2.45) is 0 Å². The van der Waals surface area contributed by atoms with E-state index in [9.17, 15) is 0 Å². The van der Waals surface area contributed by atoms with Crippen LogP contribution in [0.15, 0.2) is 152 Å². The Morgan fingerprint density at radius 1 is 0.349 bits per heavy atom. The summed E-state index contributed by atoms with van der Waals surface area (Å²) < 4.78 is 2.77. The Balaban J connectivity index is 1.32. The van der Waals surface area contributed by atoms with Crippen LogP contribution < -0.4 is 0 Å². The van der Waals surface area contributed by atoms with Crippen molar-refractivity contribution in [2.45, 2.75) is 0 Å². The maximum absolute atomic E-state index is 5.13. The van der Waals surface area contributed by atoms with Gasteiger partial charge in [0.15, 0.2) is 0 Å². The molecule has 2 aromatic heterocycles. The van der Waals surface area contributed by atoms with E-state index in [1.165, 1.54) is 24.9 Å². The fourth-order valence-corrected chi connectivity index (χ4v) is 8.00. The number of rotatable bonds is 5. The van der Waals surface area contributed by atoms with Crippen molar-refractivity contribution in [3.8, 4) is 56.4 Å². The molecule has 8 rings (SSSR count). The van der Waals surface area contributed by atoms with Crippen LogP contribution in [0.1, 0.15) is 0 Å². The molecule has 3 nitrogen and oxygen atoms in total. The Bertz CT molecular complexity index is 2220. The van der Waals surface area contributed by atoms with E-state index in [-0.39, 0.29) is 14.5 Å². The second-order valence-electron chi connectivity index (χ2n) is 10.5. The van der Waals surface area contributed by atoms with Crippen LogP contribution in [-0.4, -0.2) is 29.5 Å². The second kappa shape index (κ2) is 10.9. The first-order valence-corrected chi connectivity index (χ1v) is 16.0. The van der Waals surface area contributed by atoms with Gasteiger partial charge >= 0.3 is 233 Å². The summed E-state index contributed by atoms with van der Waals surface area (Å²) in [6, 6.07) is 53.1. The number of benzene rings is 6. The summed E-state index contributed by atoms with van der Waals surface area (Å²) in [5.74, 6) is 2.03. The molecule has 0 N–H and O–H groups in total. The Kier molecular flexibility index (Phi) is 6.49. The second-order valence-corrected chi connectivity index (χ2v) is 12.7. The molecule has 0 fully saturated rings. The first-order chi connectivity index (χ1) is 21.3. The molecular formula is C39H25N3Se.